The second-order valence-electron chi connectivity index (χ2n) is 5.32. The molecule has 0 aliphatic heterocycles. The van der Waals surface area contributed by atoms with Crippen LogP contribution in [0.2, 0.25) is 0 Å². The molecule has 0 heterocycles. The van der Waals surface area contributed by atoms with E-state index in [4.69, 9.17) is 36.2 Å². The van der Waals surface area contributed by atoms with Crippen LogP contribution in [0.3, 0.4) is 0 Å². The van der Waals surface area contributed by atoms with Gasteiger partial charge in [0.1, 0.15) is 6.04 Å². The zero-order chi connectivity index (χ0) is 20.6. The lowest BCUT2D eigenvalue weighted by Crippen LogP contribution is -2.29. The van der Waals surface area contributed by atoms with Crippen LogP contribution in [0.5, 0.6) is 0 Å². The number of aliphatic carboxylic acids is 1. The van der Waals surface area contributed by atoms with Crippen molar-refractivity contribution >= 4 is 16.4 Å². The molecule has 1 aromatic carbocycles. The third kappa shape index (κ3) is 24.8. The van der Waals surface area contributed by atoms with Crippen LogP contribution < -0.4 is 17.2 Å². The molecule has 2 atom stereocenters. The van der Waals surface area contributed by atoms with Gasteiger partial charge in [0.15, 0.2) is 0 Å². The quantitative estimate of drug-likeness (QED) is 0.288. The fourth-order valence-corrected chi connectivity index (χ4v) is 1.61. The average Bonchev–Trinajstić information content (AvgIpc) is 2.53. The molecular formula is C15H29N3O6S. The van der Waals surface area contributed by atoms with Gasteiger partial charge in [0, 0.05) is 6.04 Å². The third-order valence-electron chi connectivity index (χ3n) is 2.67. The molecule has 0 fully saturated rings. The Morgan fingerprint density at radius 3 is 2.12 bits per heavy atom. The first-order chi connectivity index (χ1) is 12.0. The molecule has 10 heteroatoms. The van der Waals surface area contributed by atoms with Crippen molar-refractivity contribution in [3.63, 3.8) is 0 Å². The molecular weight excluding hydrogens is 350 g/mol. The van der Waals surface area contributed by atoms with Gasteiger partial charge in [0.25, 0.3) is 1.43 Å². The lowest BCUT2D eigenvalue weighted by Gasteiger charge is -2.03. The zero-order valence-corrected chi connectivity index (χ0v) is 15.1. The number of carboxylic acids is 1. The molecule has 0 aliphatic carbocycles. The molecule has 0 bridgehead atoms. The van der Waals surface area contributed by atoms with E-state index in [9.17, 15) is 4.79 Å². The van der Waals surface area contributed by atoms with E-state index in [0.29, 0.717) is 13.0 Å². The van der Waals surface area contributed by atoms with Gasteiger partial charge in [-0.25, -0.2) is 0 Å². The van der Waals surface area contributed by atoms with Gasteiger partial charge in [-0.3, -0.25) is 13.9 Å². The minimum atomic E-state index is -4.67. The topological polar surface area (TPSA) is 190 Å². The van der Waals surface area contributed by atoms with Gasteiger partial charge >= 0.3 is 16.4 Å². The van der Waals surface area contributed by atoms with Crippen molar-refractivity contribution in [2.24, 2.45) is 17.2 Å². The average molecular weight is 380 g/mol. The Labute approximate surface area is 150 Å². The van der Waals surface area contributed by atoms with E-state index in [2.05, 4.69) is 17.2 Å². The van der Waals surface area contributed by atoms with E-state index in [1.165, 1.54) is 5.56 Å². The summed E-state index contributed by atoms with van der Waals surface area (Å²) in [5.74, 6) is -0.679. The van der Waals surface area contributed by atoms with Crippen LogP contribution >= 0.6 is 0 Å². The molecule has 9 nitrogen and oxygen atoms in total. The fourth-order valence-electron chi connectivity index (χ4n) is 1.61. The molecule has 1 aromatic rings. The summed E-state index contributed by atoms with van der Waals surface area (Å²) in [6.07, 6.45) is 3.15. The van der Waals surface area contributed by atoms with Gasteiger partial charge in [0.2, 0.25) is 0 Å². The number of carbonyl (C=O) groups is 1. The van der Waals surface area contributed by atoms with Crippen molar-refractivity contribution in [3.05, 3.63) is 35.9 Å². The minimum Gasteiger partial charge on any atom is -0.480 e. The van der Waals surface area contributed by atoms with E-state index >= 15 is 0 Å². The minimum absolute atomic E-state index is 0.266. The Morgan fingerprint density at radius 2 is 1.72 bits per heavy atom. The number of benzene rings is 1. The first-order valence-electron chi connectivity index (χ1n) is 8.04. The molecule has 25 heavy (non-hydrogen) atoms. The van der Waals surface area contributed by atoms with Crippen molar-refractivity contribution in [2.75, 3.05) is 6.54 Å². The third-order valence-corrected chi connectivity index (χ3v) is 2.67. The number of hydrogen-bond acceptors (Lipinski definition) is 7. The van der Waals surface area contributed by atoms with Gasteiger partial charge in [-0.1, -0.05) is 36.8 Å². The van der Waals surface area contributed by atoms with Crippen LogP contribution in [0.25, 0.3) is 1.43 Å². The summed E-state index contributed by atoms with van der Waals surface area (Å²) in [5, 5.41) is 3.70. The van der Waals surface area contributed by atoms with E-state index in [1.54, 1.807) is 0 Å². The Balaban J connectivity index is 0. The number of carboxylic acid groups (broad SMARTS) is 1. The highest BCUT2D eigenvalue weighted by Crippen LogP contribution is 2.00. The van der Waals surface area contributed by atoms with E-state index in [-0.39, 0.29) is 6.04 Å². The van der Waals surface area contributed by atoms with Crippen molar-refractivity contribution in [3.8, 4) is 0 Å². The maximum absolute atomic E-state index is 10.5. The summed E-state index contributed by atoms with van der Waals surface area (Å²) >= 11 is 0. The highest BCUT2D eigenvalue weighted by atomic mass is 32.3. The van der Waals surface area contributed by atoms with Crippen LogP contribution in [-0.2, 0) is 21.6 Å². The largest absolute Gasteiger partial charge is 0.480 e. The summed E-state index contributed by atoms with van der Waals surface area (Å²) in [5.41, 5.74) is 17.5. The van der Waals surface area contributed by atoms with Crippen molar-refractivity contribution in [1.29, 1.82) is 1.43 Å². The molecule has 0 saturated heterocycles. The SMILES string of the molecule is CC(N)Cc1ccccc1.O=S(=O)(O)O.[2H]OC(=O)C(N)CCCCN. The van der Waals surface area contributed by atoms with Crippen LogP contribution in [0.1, 0.15) is 31.7 Å². The fraction of sp³-hybridized carbons (Fsp3) is 0.533. The molecule has 0 saturated carbocycles. The molecule has 0 radical (unpaired) electrons. The molecule has 1 rings (SSSR count). The molecule has 0 aliphatic rings. The summed E-state index contributed by atoms with van der Waals surface area (Å²) in [6, 6.07) is 9.90. The first kappa shape index (κ1) is 23.4. The van der Waals surface area contributed by atoms with Gasteiger partial charge in [-0.05, 0) is 38.3 Å². The maximum atomic E-state index is 10.5. The highest BCUT2D eigenvalue weighted by Gasteiger charge is 2.09. The predicted octanol–water partition coefficient (Wildman–Crippen LogP) is 0.451. The van der Waals surface area contributed by atoms with Crippen LogP contribution in [0, 0.1) is 0 Å². The van der Waals surface area contributed by atoms with Crippen LogP contribution in [-0.4, -0.2) is 47.2 Å². The van der Waals surface area contributed by atoms with Crippen molar-refractivity contribution < 1.29 is 27.4 Å². The molecule has 0 amide bonds. The number of hydrogen-bond donors (Lipinski definition) is 6. The number of nitrogens with two attached hydrogens (primary N) is 3. The molecule has 0 spiro atoms. The zero-order valence-electron chi connectivity index (χ0n) is 15.2. The number of rotatable bonds is 7. The van der Waals surface area contributed by atoms with Crippen molar-refractivity contribution in [2.45, 2.75) is 44.7 Å². The lowest BCUT2D eigenvalue weighted by atomic mass is 10.1. The van der Waals surface area contributed by atoms with Gasteiger partial charge in [-0.15, -0.1) is 0 Å². The maximum Gasteiger partial charge on any atom is 0.394 e. The van der Waals surface area contributed by atoms with E-state index < -0.39 is 22.4 Å². The van der Waals surface area contributed by atoms with Crippen LogP contribution in [0.4, 0.5) is 0 Å². The molecule has 9 N–H and O–H groups in total. The van der Waals surface area contributed by atoms with Crippen LogP contribution in [0.15, 0.2) is 30.3 Å². The summed E-state index contributed by atoms with van der Waals surface area (Å²) < 4.78 is 37.8. The second-order valence-corrected chi connectivity index (χ2v) is 6.22. The lowest BCUT2D eigenvalue weighted by molar-refractivity contribution is -0.138. The Bertz CT molecular complexity index is 564. The van der Waals surface area contributed by atoms with Gasteiger partial charge in [-0.2, -0.15) is 8.42 Å². The Morgan fingerprint density at radius 1 is 1.20 bits per heavy atom. The smallest absolute Gasteiger partial charge is 0.394 e. The van der Waals surface area contributed by atoms with E-state index in [0.717, 1.165) is 19.3 Å². The summed E-state index contributed by atoms with van der Waals surface area (Å²) in [6.45, 7) is 2.62. The van der Waals surface area contributed by atoms with E-state index in [1.807, 2.05) is 25.1 Å². The molecule has 146 valence electrons. The first-order valence-corrected chi connectivity index (χ1v) is 9.03. The Kier molecular flexibility index (Phi) is 13.8. The standard InChI is InChI=1S/C9H13N.C6H14N2O2.H2O4S/c1-8(10)7-9-5-3-2-4-6-9;7-4-2-1-3-5(8)6(9)10;1-5(2,3)4/h2-6,8H,7,10H2,1H3;5H,1-4,7-8H2,(H,9,10);(H2,1,2,3,4)/i/hD. The summed E-state index contributed by atoms with van der Waals surface area (Å²) in [4.78, 5) is 10.5. The second kappa shape index (κ2) is 14.8. The van der Waals surface area contributed by atoms with Gasteiger partial charge < -0.3 is 22.3 Å². The Hall–Kier alpha value is -1.56. The predicted molar refractivity (Wildman–Crippen MR) is 96.5 cm³/mol. The monoisotopic (exact) mass is 380 g/mol. The number of unbranched alkanes of at least 4 members (excludes halogenated alkanes) is 1. The normalized spacial score (nSPS) is 13.1. The van der Waals surface area contributed by atoms with Crippen molar-refractivity contribution in [1.82, 2.24) is 0 Å². The highest BCUT2D eigenvalue weighted by molar-refractivity contribution is 7.79. The molecule has 0 aromatic heterocycles. The van der Waals surface area contributed by atoms with Gasteiger partial charge in [0.05, 0.1) is 0 Å². The summed E-state index contributed by atoms with van der Waals surface area (Å²) in [7, 11) is -4.67. The molecule has 2 unspecified atom stereocenters.